The summed E-state index contributed by atoms with van der Waals surface area (Å²) >= 11 is 5.60. The molecule has 4 heteroatoms. The van der Waals surface area contributed by atoms with E-state index >= 15 is 0 Å². The van der Waals surface area contributed by atoms with Crippen LogP contribution < -0.4 is 16.8 Å². The number of nitrogens with two attached hydrogens (primary N) is 2. The number of halogens is 1. The molecule has 0 fully saturated rings. The molecular weight excluding hydrogens is 138 g/mol. The maximum Gasteiger partial charge on any atom is 0.122 e. The summed E-state index contributed by atoms with van der Waals surface area (Å²) in [6, 6.07) is 0. The fourth-order valence-corrected chi connectivity index (χ4v) is 0.569. The molecule has 0 atom stereocenters. The Morgan fingerprint density at radius 2 is 2.22 bits per heavy atom. The highest BCUT2D eigenvalue weighted by atomic mass is 35.5. The van der Waals surface area contributed by atoms with Crippen LogP contribution in [0.1, 0.15) is 6.92 Å². The minimum Gasteiger partial charge on any atom is -0.399 e. The second-order valence-corrected chi connectivity index (χ2v) is 1.95. The van der Waals surface area contributed by atoms with Crippen molar-refractivity contribution in [3.63, 3.8) is 0 Å². The van der Waals surface area contributed by atoms with Crippen LogP contribution in [0.4, 0.5) is 0 Å². The zero-order valence-corrected chi connectivity index (χ0v) is 6.20. The minimum absolute atomic E-state index is 0.297. The van der Waals surface area contributed by atoms with E-state index in [1.807, 2.05) is 6.92 Å². The molecule has 3 nitrogen and oxygen atoms in total. The van der Waals surface area contributed by atoms with E-state index in [0.29, 0.717) is 17.4 Å². The number of rotatable bonds is 3. The first-order valence-electron chi connectivity index (χ1n) is 2.80. The van der Waals surface area contributed by atoms with E-state index < -0.39 is 0 Å². The largest absolute Gasteiger partial charge is 0.399 e. The average Bonchev–Trinajstić information content (AvgIpc) is 1.87. The Bertz CT molecular complexity index is 111. The first-order chi connectivity index (χ1) is 4.22. The molecule has 5 N–H and O–H groups in total. The van der Waals surface area contributed by atoms with Gasteiger partial charge in [-0.15, -0.1) is 0 Å². The molecule has 0 radical (unpaired) electrons. The molecule has 0 spiro atoms. The molecule has 0 aromatic carbocycles. The Morgan fingerprint density at radius 3 is 2.56 bits per heavy atom. The van der Waals surface area contributed by atoms with Crippen LogP contribution in [0.2, 0.25) is 0 Å². The minimum atomic E-state index is 0.297. The molecule has 0 saturated carbocycles. The van der Waals surface area contributed by atoms with Gasteiger partial charge in [0.1, 0.15) is 5.16 Å². The lowest BCUT2D eigenvalue weighted by Gasteiger charge is -2.02. The van der Waals surface area contributed by atoms with Crippen LogP contribution in [0.3, 0.4) is 0 Å². The van der Waals surface area contributed by atoms with Crippen molar-refractivity contribution in [1.82, 2.24) is 5.32 Å². The van der Waals surface area contributed by atoms with Crippen LogP contribution in [0.5, 0.6) is 0 Å². The van der Waals surface area contributed by atoms with Gasteiger partial charge >= 0.3 is 0 Å². The lowest BCUT2D eigenvalue weighted by Crippen LogP contribution is -2.19. The first kappa shape index (κ1) is 8.59. The van der Waals surface area contributed by atoms with Crippen LogP contribution in [-0.4, -0.2) is 13.1 Å². The van der Waals surface area contributed by atoms with Crippen molar-refractivity contribution in [3.05, 3.63) is 10.9 Å². The fraction of sp³-hybridized carbons (Fsp3) is 0.600. The maximum absolute atomic E-state index is 5.60. The molecule has 9 heavy (non-hydrogen) atoms. The molecule has 0 aliphatic rings. The molecule has 0 unspecified atom stereocenters. The summed E-state index contributed by atoms with van der Waals surface area (Å²) in [5.74, 6) is 0. The van der Waals surface area contributed by atoms with E-state index in [1.54, 1.807) is 0 Å². The van der Waals surface area contributed by atoms with Gasteiger partial charge in [0.05, 0.1) is 5.70 Å². The van der Waals surface area contributed by atoms with E-state index in [1.165, 1.54) is 0 Å². The maximum atomic E-state index is 5.60. The van der Waals surface area contributed by atoms with Gasteiger partial charge in [-0.25, -0.2) is 0 Å². The molecule has 0 aromatic heterocycles. The average molecular weight is 150 g/mol. The van der Waals surface area contributed by atoms with Crippen LogP contribution in [0, 0.1) is 0 Å². The number of hydrogen-bond donors (Lipinski definition) is 3. The SMILES string of the molecule is CCN/C(Cl)=C(/N)CN. The Balaban J connectivity index is 3.78. The highest BCUT2D eigenvalue weighted by Crippen LogP contribution is 1.97. The van der Waals surface area contributed by atoms with Crippen molar-refractivity contribution < 1.29 is 0 Å². The van der Waals surface area contributed by atoms with E-state index in [-0.39, 0.29) is 0 Å². The van der Waals surface area contributed by atoms with Gasteiger partial charge in [-0.05, 0) is 6.92 Å². The van der Waals surface area contributed by atoms with Gasteiger partial charge < -0.3 is 16.8 Å². The van der Waals surface area contributed by atoms with Gasteiger partial charge in [-0.1, -0.05) is 11.6 Å². The van der Waals surface area contributed by atoms with Crippen LogP contribution >= 0.6 is 11.6 Å². The quantitative estimate of drug-likeness (QED) is 0.492. The van der Waals surface area contributed by atoms with Crippen molar-refractivity contribution in [1.29, 1.82) is 0 Å². The Hall–Kier alpha value is -0.410. The molecule has 54 valence electrons. The van der Waals surface area contributed by atoms with Gasteiger partial charge in [0.15, 0.2) is 0 Å². The van der Waals surface area contributed by atoms with Crippen LogP contribution in [0.15, 0.2) is 10.9 Å². The highest BCUT2D eigenvalue weighted by molar-refractivity contribution is 6.29. The van der Waals surface area contributed by atoms with Gasteiger partial charge in [0, 0.05) is 13.1 Å². The highest BCUT2D eigenvalue weighted by Gasteiger charge is 1.93. The van der Waals surface area contributed by atoms with Crippen molar-refractivity contribution in [2.45, 2.75) is 6.92 Å². The van der Waals surface area contributed by atoms with E-state index in [9.17, 15) is 0 Å². The molecule has 0 aromatic rings. The van der Waals surface area contributed by atoms with Crippen LogP contribution in [-0.2, 0) is 0 Å². The number of nitrogens with one attached hydrogen (secondary N) is 1. The second-order valence-electron chi connectivity index (χ2n) is 1.57. The topological polar surface area (TPSA) is 64.1 Å². The smallest absolute Gasteiger partial charge is 0.122 e. The summed E-state index contributed by atoms with van der Waals surface area (Å²) in [4.78, 5) is 0. The first-order valence-corrected chi connectivity index (χ1v) is 3.18. The monoisotopic (exact) mass is 149 g/mol. The van der Waals surface area contributed by atoms with Gasteiger partial charge in [0.2, 0.25) is 0 Å². The Labute approximate surface area is 60.0 Å². The third-order valence-corrected chi connectivity index (χ3v) is 1.21. The summed E-state index contributed by atoms with van der Waals surface area (Å²) in [5.41, 5.74) is 11.1. The zero-order chi connectivity index (χ0) is 7.28. The molecule has 0 saturated heterocycles. The summed E-state index contributed by atoms with van der Waals surface area (Å²) in [7, 11) is 0. The van der Waals surface area contributed by atoms with Crippen molar-refractivity contribution in [2.24, 2.45) is 11.5 Å². The summed E-state index contributed by atoms with van der Waals surface area (Å²) in [6.07, 6.45) is 0. The summed E-state index contributed by atoms with van der Waals surface area (Å²) < 4.78 is 0. The summed E-state index contributed by atoms with van der Waals surface area (Å²) in [5, 5.41) is 3.29. The van der Waals surface area contributed by atoms with Gasteiger partial charge in [-0.2, -0.15) is 0 Å². The van der Waals surface area contributed by atoms with Crippen LogP contribution in [0.25, 0.3) is 0 Å². The molecule has 0 aliphatic heterocycles. The zero-order valence-electron chi connectivity index (χ0n) is 5.45. The molecule has 0 amide bonds. The molecule has 0 aliphatic carbocycles. The van der Waals surface area contributed by atoms with Gasteiger partial charge in [-0.3, -0.25) is 0 Å². The second kappa shape index (κ2) is 4.47. The van der Waals surface area contributed by atoms with Crippen molar-refractivity contribution >= 4 is 11.6 Å². The van der Waals surface area contributed by atoms with Crippen molar-refractivity contribution in [3.8, 4) is 0 Å². The van der Waals surface area contributed by atoms with Crippen molar-refractivity contribution in [2.75, 3.05) is 13.1 Å². The predicted molar refractivity (Wildman–Crippen MR) is 39.8 cm³/mol. The Kier molecular flexibility index (Phi) is 4.26. The molecule has 0 heterocycles. The van der Waals surface area contributed by atoms with E-state index in [0.717, 1.165) is 6.54 Å². The molecule has 0 rings (SSSR count). The Morgan fingerprint density at radius 1 is 1.67 bits per heavy atom. The van der Waals surface area contributed by atoms with Gasteiger partial charge in [0.25, 0.3) is 0 Å². The standard InChI is InChI=1S/C5H12ClN3/c1-2-9-5(6)4(8)3-7/h9H,2-3,7-8H2,1H3/b5-4+. The molecule has 0 bridgehead atoms. The fourth-order valence-electron chi connectivity index (χ4n) is 0.358. The lowest BCUT2D eigenvalue weighted by molar-refractivity contribution is 0.875. The molecular formula is C5H12ClN3. The summed E-state index contributed by atoms with van der Waals surface area (Å²) in [6.45, 7) is 3.00. The third-order valence-electron chi connectivity index (χ3n) is 0.834. The lowest BCUT2D eigenvalue weighted by atomic mass is 10.5. The predicted octanol–water partition coefficient (Wildman–Crippen LogP) is -0.0788. The van der Waals surface area contributed by atoms with E-state index in [4.69, 9.17) is 23.1 Å². The van der Waals surface area contributed by atoms with E-state index in [2.05, 4.69) is 5.32 Å². The number of hydrogen-bond acceptors (Lipinski definition) is 3. The third kappa shape index (κ3) is 3.21. The normalized spacial score (nSPS) is 12.8.